The SMILES string of the molecule is C/C=C(/C)C(=O)NCC1CC1(Cl)Cl. The van der Waals surface area contributed by atoms with Crippen molar-refractivity contribution in [2.45, 2.75) is 24.6 Å². The molecule has 0 saturated heterocycles. The molecule has 0 bridgehead atoms. The van der Waals surface area contributed by atoms with Crippen molar-refractivity contribution in [2.24, 2.45) is 5.92 Å². The van der Waals surface area contributed by atoms with E-state index in [-0.39, 0.29) is 11.8 Å². The third-order valence-electron chi connectivity index (χ3n) is 2.26. The van der Waals surface area contributed by atoms with Crippen LogP contribution in [-0.2, 0) is 4.79 Å². The predicted octanol–water partition coefficient (Wildman–Crippen LogP) is 2.26. The predicted molar refractivity (Wildman–Crippen MR) is 55.0 cm³/mol. The van der Waals surface area contributed by atoms with E-state index in [1.807, 2.05) is 6.92 Å². The third kappa shape index (κ3) is 2.89. The van der Waals surface area contributed by atoms with Crippen molar-refractivity contribution in [3.05, 3.63) is 11.6 Å². The van der Waals surface area contributed by atoms with Crippen LogP contribution in [-0.4, -0.2) is 16.8 Å². The van der Waals surface area contributed by atoms with E-state index in [1.54, 1.807) is 13.0 Å². The molecule has 1 fully saturated rings. The second-order valence-electron chi connectivity index (χ2n) is 3.34. The summed E-state index contributed by atoms with van der Waals surface area (Å²) in [5.41, 5.74) is 0.718. The van der Waals surface area contributed by atoms with E-state index >= 15 is 0 Å². The molecule has 4 heteroatoms. The number of alkyl halides is 2. The highest BCUT2D eigenvalue weighted by molar-refractivity contribution is 6.50. The molecule has 0 aromatic heterocycles. The van der Waals surface area contributed by atoms with Crippen LogP contribution in [0.4, 0.5) is 0 Å². The van der Waals surface area contributed by atoms with E-state index in [0.717, 1.165) is 12.0 Å². The average molecular weight is 222 g/mol. The number of amides is 1. The van der Waals surface area contributed by atoms with E-state index in [0.29, 0.717) is 6.54 Å². The first-order valence-electron chi connectivity index (χ1n) is 4.26. The lowest BCUT2D eigenvalue weighted by molar-refractivity contribution is -0.117. The molecule has 1 rings (SSSR count). The molecule has 0 aromatic rings. The van der Waals surface area contributed by atoms with Crippen LogP contribution in [0.1, 0.15) is 20.3 Å². The summed E-state index contributed by atoms with van der Waals surface area (Å²) in [6, 6.07) is 0. The number of rotatable bonds is 3. The van der Waals surface area contributed by atoms with Gasteiger partial charge in [0.2, 0.25) is 5.91 Å². The molecule has 1 aliphatic carbocycles. The molecular formula is C9H13Cl2NO. The van der Waals surface area contributed by atoms with Gasteiger partial charge in [-0.1, -0.05) is 6.08 Å². The van der Waals surface area contributed by atoms with Gasteiger partial charge in [0.1, 0.15) is 4.33 Å². The van der Waals surface area contributed by atoms with Crippen molar-refractivity contribution < 1.29 is 4.79 Å². The number of hydrogen-bond acceptors (Lipinski definition) is 1. The molecule has 0 radical (unpaired) electrons. The second-order valence-corrected chi connectivity index (χ2v) is 4.89. The Labute approximate surface area is 88.3 Å². The quantitative estimate of drug-likeness (QED) is 0.576. The first-order chi connectivity index (χ1) is 5.97. The minimum atomic E-state index is -0.600. The summed E-state index contributed by atoms with van der Waals surface area (Å²) in [7, 11) is 0. The topological polar surface area (TPSA) is 29.1 Å². The zero-order valence-electron chi connectivity index (χ0n) is 7.73. The maximum Gasteiger partial charge on any atom is 0.246 e. The van der Waals surface area contributed by atoms with Crippen molar-refractivity contribution in [3.63, 3.8) is 0 Å². The molecule has 13 heavy (non-hydrogen) atoms. The molecule has 0 aliphatic heterocycles. The number of allylic oxidation sites excluding steroid dienone is 1. The van der Waals surface area contributed by atoms with Crippen molar-refractivity contribution in [1.29, 1.82) is 0 Å². The average Bonchev–Trinajstić information content (AvgIpc) is 2.68. The summed E-state index contributed by atoms with van der Waals surface area (Å²) in [6.07, 6.45) is 2.54. The van der Waals surface area contributed by atoms with Crippen molar-refractivity contribution >= 4 is 29.1 Å². The Balaban J connectivity index is 2.25. The molecule has 1 aliphatic rings. The molecule has 1 saturated carbocycles. The number of carbonyl (C=O) groups is 1. The number of hydrogen-bond donors (Lipinski definition) is 1. The van der Waals surface area contributed by atoms with Gasteiger partial charge in [0.15, 0.2) is 0 Å². The fourth-order valence-corrected chi connectivity index (χ4v) is 1.50. The zero-order chi connectivity index (χ0) is 10.1. The van der Waals surface area contributed by atoms with Crippen LogP contribution in [0.5, 0.6) is 0 Å². The Bertz CT molecular complexity index is 248. The van der Waals surface area contributed by atoms with Gasteiger partial charge in [0.05, 0.1) is 0 Å². The molecule has 1 unspecified atom stereocenters. The maximum atomic E-state index is 11.3. The molecule has 74 valence electrons. The van der Waals surface area contributed by atoms with Crippen LogP contribution in [0.15, 0.2) is 11.6 Å². The van der Waals surface area contributed by atoms with Crippen LogP contribution in [0.2, 0.25) is 0 Å². The van der Waals surface area contributed by atoms with Gasteiger partial charge in [-0.05, 0) is 20.3 Å². The van der Waals surface area contributed by atoms with E-state index in [9.17, 15) is 4.79 Å². The molecule has 1 amide bonds. The Kier molecular flexibility index (Phi) is 3.25. The summed E-state index contributed by atoms with van der Waals surface area (Å²) in [4.78, 5) is 11.3. The van der Waals surface area contributed by atoms with Crippen LogP contribution < -0.4 is 5.32 Å². The van der Waals surface area contributed by atoms with Gasteiger partial charge in [0, 0.05) is 18.0 Å². The first-order valence-corrected chi connectivity index (χ1v) is 5.02. The lowest BCUT2D eigenvalue weighted by atomic mass is 10.2. The summed E-state index contributed by atoms with van der Waals surface area (Å²) < 4.78 is -0.600. The Morgan fingerprint density at radius 3 is 2.62 bits per heavy atom. The summed E-state index contributed by atoms with van der Waals surface area (Å²) in [6.45, 7) is 4.17. The highest BCUT2D eigenvalue weighted by Gasteiger charge is 2.51. The Morgan fingerprint density at radius 2 is 2.23 bits per heavy atom. The van der Waals surface area contributed by atoms with E-state index in [4.69, 9.17) is 23.2 Å². The molecule has 1 atom stereocenters. The Hall–Kier alpha value is -0.210. The van der Waals surface area contributed by atoms with Crippen LogP contribution in [0, 0.1) is 5.92 Å². The molecule has 2 nitrogen and oxygen atoms in total. The minimum Gasteiger partial charge on any atom is -0.352 e. The normalized spacial score (nSPS) is 25.5. The van der Waals surface area contributed by atoms with E-state index < -0.39 is 4.33 Å². The van der Waals surface area contributed by atoms with Gasteiger partial charge in [-0.15, -0.1) is 23.2 Å². The highest BCUT2D eigenvalue weighted by atomic mass is 35.5. The van der Waals surface area contributed by atoms with Crippen LogP contribution in [0.25, 0.3) is 0 Å². The number of halogens is 2. The van der Waals surface area contributed by atoms with Gasteiger partial charge in [-0.3, -0.25) is 4.79 Å². The van der Waals surface area contributed by atoms with Crippen LogP contribution in [0.3, 0.4) is 0 Å². The summed E-state index contributed by atoms with van der Waals surface area (Å²) >= 11 is 11.6. The fraction of sp³-hybridized carbons (Fsp3) is 0.667. The van der Waals surface area contributed by atoms with Crippen LogP contribution >= 0.6 is 23.2 Å². The monoisotopic (exact) mass is 221 g/mol. The van der Waals surface area contributed by atoms with Gasteiger partial charge in [0.25, 0.3) is 0 Å². The Morgan fingerprint density at radius 1 is 1.69 bits per heavy atom. The second kappa shape index (κ2) is 3.89. The van der Waals surface area contributed by atoms with Crippen molar-refractivity contribution in [2.75, 3.05) is 6.54 Å². The van der Waals surface area contributed by atoms with Gasteiger partial charge in [-0.25, -0.2) is 0 Å². The first kappa shape index (κ1) is 10.9. The molecular weight excluding hydrogens is 209 g/mol. The lowest BCUT2D eigenvalue weighted by Gasteiger charge is -2.04. The van der Waals surface area contributed by atoms with E-state index in [1.165, 1.54) is 0 Å². The molecule has 1 N–H and O–H groups in total. The fourth-order valence-electron chi connectivity index (χ4n) is 0.977. The smallest absolute Gasteiger partial charge is 0.246 e. The van der Waals surface area contributed by atoms with Gasteiger partial charge >= 0.3 is 0 Å². The summed E-state index contributed by atoms with van der Waals surface area (Å²) in [5.74, 6) is 0.169. The zero-order valence-corrected chi connectivity index (χ0v) is 9.24. The van der Waals surface area contributed by atoms with Gasteiger partial charge < -0.3 is 5.32 Å². The van der Waals surface area contributed by atoms with Crippen molar-refractivity contribution in [1.82, 2.24) is 5.32 Å². The third-order valence-corrected chi connectivity index (χ3v) is 3.18. The number of carbonyl (C=O) groups excluding carboxylic acids is 1. The molecule has 0 aromatic carbocycles. The highest BCUT2D eigenvalue weighted by Crippen LogP contribution is 2.52. The molecule has 0 spiro atoms. The molecule has 0 heterocycles. The number of nitrogens with one attached hydrogen (secondary N) is 1. The standard InChI is InChI=1S/C9H13Cl2NO/c1-3-6(2)8(13)12-5-7-4-9(7,10)11/h3,7H,4-5H2,1-2H3,(H,12,13)/b6-3-. The minimum absolute atomic E-state index is 0.0430. The lowest BCUT2D eigenvalue weighted by Crippen LogP contribution is -2.27. The van der Waals surface area contributed by atoms with Gasteiger partial charge in [-0.2, -0.15) is 0 Å². The summed E-state index contributed by atoms with van der Waals surface area (Å²) in [5, 5.41) is 2.77. The maximum absolute atomic E-state index is 11.3. The van der Waals surface area contributed by atoms with Crippen molar-refractivity contribution in [3.8, 4) is 0 Å². The van der Waals surface area contributed by atoms with E-state index in [2.05, 4.69) is 5.32 Å². The largest absolute Gasteiger partial charge is 0.352 e.